The molecule has 16 heavy (non-hydrogen) atoms. The van der Waals surface area contributed by atoms with Crippen molar-refractivity contribution in [3.8, 4) is 0 Å². The van der Waals surface area contributed by atoms with Crippen LogP contribution in [0, 0.1) is 6.92 Å². The van der Waals surface area contributed by atoms with Crippen molar-refractivity contribution < 1.29 is 17.4 Å². The highest BCUT2D eigenvalue weighted by molar-refractivity contribution is 7.86. The van der Waals surface area contributed by atoms with Gasteiger partial charge in [0.25, 0.3) is 10.1 Å². The summed E-state index contributed by atoms with van der Waals surface area (Å²) in [6.07, 6.45) is 0.0672. The minimum absolute atomic E-state index is 0.0672. The quantitative estimate of drug-likeness (QED) is 0.810. The number of hydrogen-bond acceptors (Lipinski definition) is 3. The standard InChI is InChI=1S/C9H15FN2O3S/c1-6(16(13,14)15)4-8-7(2)12(3)11-9(8)5-10/h6H,4-5H2,1-3H3,(H,13,14,15). The maximum atomic E-state index is 12.6. The van der Waals surface area contributed by atoms with Crippen molar-refractivity contribution in [3.05, 3.63) is 17.0 Å². The summed E-state index contributed by atoms with van der Waals surface area (Å²) < 4.78 is 44.8. The summed E-state index contributed by atoms with van der Waals surface area (Å²) in [5, 5.41) is 2.97. The molecular weight excluding hydrogens is 235 g/mol. The van der Waals surface area contributed by atoms with E-state index in [0.717, 1.165) is 0 Å². The van der Waals surface area contributed by atoms with Crippen LogP contribution >= 0.6 is 0 Å². The minimum Gasteiger partial charge on any atom is -0.285 e. The van der Waals surface area contributed by atoms with Gasteiger partial charge in [0.2, 0.25) is 0 Å². The molecule has 1 unspecified atom stereocenters. The van der Waals surface area contributed by atoms with E-state index in [9.17, 15) is 12.8 Å². The van der Waals surface area contributed by atoms with Crippen LogP contribution in [0.25, 0.3) is 0 Å². The molecule has 0 spiro atoms. The number of halogens is 1. The Labute approximate surface area is 94.0 Å². The molecule has 1 N–H and O–H groups in total. The van der Waals surface area contributed by atoms with Crippen molar-refractivity contribution in [2.45, 2.75) is 32.2 Å². The van der Waals surface area contributed by atoms with Crippen LogP contribution in [0.4, 0.5) is 4.39 Å². The zero-order valence-corrected chi connectivity index (χ0v) is 10.3. The molecule has 1 aromatic heterocycles. The highest BCUT2D eigenvalue weighted by Gasteiger charge is 2.22. The van der Waals surface area contributed by atoms with Crippen molar-refractivity contribution in [1.82, 2.24) is 9.78 Å². The maximum absolute atomic E-state index is 12.6. The minimum atomic E-state index is -4.09. The number of alkyl halides is 1. The summed E-state index contributed by atoms with van der Waals surface area (Å²) in [7, 11) is -2.43. The lowest BCUT2D eigenvalue weighted by Gasteiger charge is -2.08. The summed E-state index contributed by atoms with van der Waals surface area (Å²) in [6.45, 7) is 2.37. The lowest BCUT2D eigenvalue weighted by atomic mass is 10.1. The van der Waals surface area contributed by atoms with Crippen molar-refractivity contribution >= 4 is 10.1 Å². The van der Waals surface area contributed by atoms with E-state index in [-0.39, 0.29) is 12.1 Å². The van der Waals surface area contributed by atoms with E-state index in [0.29, 0.717) is 11.3 Å². The average molecular weight is 250 g/mol. The summed E-state index contributed by atoms with van der Waals surface area (Å²) in [5.41, 5.74) is 1.49. The zero-order valence-electron chi connectivity index (χ0n) is 9.44. The first kappa shape index (κ1) is 13.1. The lowest BCUT2D eigenvalue weighted by Crippen LogP contribution is -2.20. The molecule has 0 saturated heterocycles. The van der Waals surface area contributed by atoms with Gasteiger partial charge >= 0.3 is 0 Å². The van der Waals surface area contributed by atoms with Crippen LogP contribution in [-0.4, -0.2) is 28.0 Å². The molecule has 1 atom stereocenters. The van der Waals surface area contributed by atoms with Crippen LogP contribution in [-0.2, 0) is 30.3 Å². The largest absolute Gasteiger partial charge is 0.285 e. The summed E-state index contributed by atoms with van der Waals surface area (Å²) in [5.74, 6) is 0. The van der Waals surface area contributed by atoms with Crippen LogP contribution < -0.4 is 0 Å². The van der Waals surface area contributed by atoms with Crippen molar-refractivity contribution in [1.29, 1.82) is 0 Å². The molecule has 0 fully saturated rings. The normalized spacial score (nSPS) is 14.1. The molecule has 0 radical (unpaired) electrons. The number of rotatable bonds is 4. The molecule has 0 amide bonds. The first-order valence-corrected chi connectivity index (χ1v) is 6.31. The first-order valence-electron chi connectivity index (χ1n) is 4.81. The summed E-state index contributed by atoms with van der Waals surface area (Å²) in [6, 6.07) is 0. The summed E-state index contributed by atoms with van der Waals surface area (Å²) in [4.78, 5) is 0. The molecule has 0 saturated carbocycles. The van der Waals surface area contributed by atoms with E-state index in [4.69, 9.17) is 4.55 Å². The van der Waals surface area contributed by atoms with Gasteiger partial charge in [-0.25, -0.2) is 4.39 Å². The van der Waals surface area contributed by atoms with Gasteiger partial charge in [0.1, 0.15) is 6.67 Å². The van der Waals surface area contributed by atoms with E-state index >= 15 is 0 Å². The fourth-order valence-corrected chi connectivity index (χ4v) is 1.86. The van der Waals surface area contributed by atoms with Crippen LogP contribution in [0.2, 0.25) is 0 Å². The lowest BCUT2D eigenvalue weighted by molar-refractivity contribution is 0.462. The third-order valence-electron chi connectivity index (χ3n) is 2.67. The molecule has 1 heterocycles. The molecule has 92 valence electrons. The van der Waals surface area contributed by atoms with Gasteiger partial charge < -0.3 is 0 Å². The second-order valence-electron chi connectivity index (χ2n) is 3.80. The Hall–Kier alpha value is -0.950. The second-order valence-corrected chi connectivity index (χ2v) is 5.63. The smallest absolute Gasteiger partial charge is 0.267 e. The van der Waals surface area contributed by atoms with Crippen LogP contribution in [0.1, 0.15) is 23.9 Å². The number of aryl methyl sites for hydroxylation is 1. The highest BCUT2D eigenvalue weighted by atomic mass is 32.2. The number of nitrogens with zero attached hydrogens (tertiary/aromatic N) is 2. The fraction of sp³-hybridized carbons (Fsp3) is 0.667. The SMILES string of the molecule is Cc1c(CC(C)S(=O)(=O)O)c(CF)nn1C. The highest BCUT2D eigenvalue weighted by Crippen LogP contribution is 2.18. The van der Waals surface area contributed by atoms with E-state index < -0.39 is 22.0 Å². The molecule has 0 aliphatic heterocycles. The van der Waals surface area contributed by atoms with Gasteiger partial charge in [-0.3, -0.25) is 9.23 Å². The molecule has 0 bridgehead atoms. The first-order chi connectivity index (χ1) is 7.27. The molecule has 5 nitrogen and oxygen atoms in total. The maximum Gasteiger partial charge on any atom is 0.267 e. The topological polar surface area (TPSA) is 72.2 Å². The van der Waals surface area contributed by atoms with Crippen molar-refractivity contribution in [3.63, 3.8) is 0 Å². The Balaban J connectivity index is 3.06. The van der Waals surface area contributed by atoms with Gasteiger partial charge in [0.15, 0.2) is 0 Å². The van der Waals surface area contributed by atoms with Gasteiger partial charge in [-0.15, -0.1) is 0 Å². The second kappa shape index (κ2) is 4.50. The average Bonchev–Trinajstić information content (AvgIpc) is 2.44. The predicted molar refractivity (Wildman–Crippen MR) is 57.5 cm³/mol. The molecule has 0 aliphatic carbocycles. The molecule has 1 aromatic rings. The number of hydrogen-bond donors (Lipinski definition) is 1. The Morgan fingerprint density at radius 2 is 2.12 bits per heavy atom. The van der Waals surface area contributed by atoms with Crippen molar-refractivity contribution in [2.75, 3.05) is 0 Å². The fourth-order valence-electron chi connectivity index (χ4n) is 1.49. The van der Waals surface area contributed by atoms with Crippen LogP contribution in [0.3, 0.4) is 0 Å². The van der Waals surface area contributed by atoms with E-state index in [2.05, 4.69) is 5.10 Å². The van der Waals surface area contributed by atoms with E-state index in [1.54, 1.807) is 14.0 Å². The predicted octanol–water partition coefficient (Wildman–Crippen LogP) is 1.02. The molecule has 1 rings (SSSR count). The van der Waals surface area contributed by atoms with Gasteiger partial charge in [-0.05, 0) is 20.3 Å². The van der Waals surface area contributed by atoms with Crippen LogP contribution in [0.15, 0.2) is 0 Å². The van der Waals surface area contributed by atoms with Gasteiger partial charge in [-0.2, -0.15) is 13.5 Å². The Morgan fingerprint density at radius 1 is 1.56 bits per heavy atom. The van der Waals surface area contributed by atoms with E-state index in [1.165, 1.54) is 11.6 Å². The molecule has 7 heteroatoms. The Kier molecular flexibility index (Phi) is 3.69. The zero-order chi connectivity index (χ0) is 12.5. The van der Waals surface area contributed by atoms with Crippen LogP contribution in [0.5, 0.6) is 0 Å². The third kappa shape index (κ3) is 2.59. The van der Waals surface area contributed by atoms with Gasteiger partial charge in [0.05, 0.1) is 10.9 Å². The van der Waals surface area contributed by atoms with Gasteiger partial charge in [0, 0.05) is 18.3 Å². The Morgan fingerprint density at radius 3 is 2.56 bits per heavy atom. The van der Waals surface area contributed by atoms with Crippen molar-refractivity contribution in [2.24, 2.45) is 7.05 Å². The third-order valence-corrected chi connectivity index (χ3v) is 3.85. The Bertz CT molecular complexity index is 481. The molecule has 0 aliphatic rings. The number of aromatic nitrogens is 2. The monoisotopic (exact) mass is 250 g/mol. The summed E-state index contributed by atoms with van der Waals surface area (Å²) >= 11 is 0. The van der Waals surface area contributed by atoms with Gasteiger partial charge in [-0.1, -0.05) is 0 Å². The van der Waals surface area contributed by atoms with E-state index in [1.807, 2.05) is 0 Å². The molecular formula is C9H15FN2O3S. The molecule has 0 aromatic carbocycles.